The van der Waals surface area contributed by atoms with Gasteiger partial charge in [0.25, 0.3) is 5.91 Å². The lowest BCUT2D eigenvalue weighted by Gasteiger charge is -2.30. The first-order valence-corrected chi connectivity index (χ1v) is 8.56. The minimum atomic E-state index is -0.0571. The van der Waals surface area contributed by atoms with E-state index >= 15 is 0 Å². The maximum absolute atomic E-state index is 12.4. The lowest BCUT2D eigenvalue weighted by atomic mass is 10.1. The summed E-state index contributed by atoms with van der Waals surface area (Å²) in [4.78, 5) is 16.0. The lowest BCUT2D eigenvalue weighted by molar-refractivity contribution is 0.102. The van der Waals surface area contributed by atoms with Crippen LogP contribution in [0.3, 0.4) is 0 Å². The summed E-state index contributed by atoms with van der Waals surface area (Å²) in [6, 6.07) is 13.8. The molecule has 1 N–H and O–H groups in total. The largest absolute Gasteiger partial charge is 0.370 e. The third-order valence-corrected chi connectivity index (χ3v) is 4.91. The van der Waals surface area contributed by atoms with Gasteiger partial charge in [0, 0.05) is 35.0 Å². The van der Waals surface area contributed by atoms with Gasteiger partial charge in [-0.25, -0.2) is 0 Å². The fourth-order valence-corrected chi connectivity index (χ4v) is 3.61. The molecule has 0 aliphatic carbocycles. The quantitative estimate of drug-likeness (QED) is 0.923. The number of anilines is 2. The number of rotatable bonds is 3. The highest BCUT2D eigenvalue weighted by molar-refractivity contribution is 7.99. The topological polar surface area (TPSA) is 32.3 Å². The number of carbonyl (C=O) groups excluding carboxylic acids is 1. The van der Waals surface area contributed by atoms with Gasteiger partial charge in [-0.05, 0) is 44.2 Å². The van der Waals surface area contributed by atoms with Crippen LogP contribution in [0.5, 0.6) is 0 Å². The molecule has 2 aromatic rings. The van der Waals surface area contributed by atoms with E-state index in [2.05, 4.69) is 23.2 Å². The number of benzene rings is 2. The number of amides is 1. The molecule has 0 radical (unpaired) electrons. The van der Waals surface area contributed by atoms with Gasteiger partial charge in [0.1, 0.15) is 0 Å². The van der Waals surface area contributed by atoms with E-state index in [1.807, 2.05) is 55.1 Å². The van der Waals surface area contributed by atoms with Crippen molar-refractivity contribution in [2.24, 2.45) is 0 Å². The van der Waals surface area contributed by atoms with Gasteiger partial charge < -0.3 is 10.2 Å². The Balaban J connectivity index is 1.82. The van der Waals surface area contributed by atoms with Crippen LogP contribution in [0.15, 0.2) is 47.4 Å². The lowest BCUT2D eigenvalue weighted by Crippen LogP contribution is -2.29. The minimum absolute atomic E-state index is 0.0571. The van der Waals surface area contributed by atoms with Crippen LogP contribution in [-0.4, -0.2) is 24.7 Å². The number of nitrogens with one attached hydrogen (secondary N) is 1. The zero-order chi connectivity index (χ0) is 15.5. The highest BCUT2D eigenvalue weighted by Gasteiger charge is 2.18. The molecule has 3 nitrogen and oxygen atoms in total. The standard InChI is InChI=1S/C18H20N2OS/c1-3-20-10-11-22-17-9-6-14(12-16(17)20)18(21)19-15-7-4-13(2)5-8-15/h4-9,12H,3,10-11H2,1-2H3,(H,19,21). The molecule has 22 heavy (non-hydrogen) atoms. The Morgan fingerprint density at radius 2 is 2.00 bits per heavy atom. The molecule has 0 bridgehead atoms. The van der Waals surface area contributed by atoms with Gasteiger partial charge >= 0.3 is 0 Å². The van der Waals surface area contributed by atoms with Crippen LogP contribution in [0.25, 0.3) is 0 Å². The average Bonchev–Trinajstić information content (AvgIpc) is 2.55. The van der Waals surface area contributed by atoms with E-state index in [-0.39, 0.29) is 5.91 Å². The monoisotopic (exact) mass is 312 g/mol. The van der Waals surface area contributed by atoms with E-state index in [4.69, 9.17) is 0 Å². The fraction of sp³-hybridized carbons (Fsp3) is 0.278. The van der Waals surface area contributed by atoms with E-state index in [1.54, 1.807) is 0 Å². The minimum Gasteiger partial charge on any atom is -0.370 e. The number of aryl methyl sites for hydroxylation is 1. The van der Waals surface area contributed by atoms with Gasteiger partial charge in [-0.15, -0.1) is 11.8 Å². The van der Waals surface area contributed by atoms with Crippen molar-refractivity contribution in [2.75, 3.05) is 29.1 Å². The van der Waals surface area contributed by atoms with Crippen LogP contribution in [0.4, 0.5) is 11.4 Å². The molecule has 1 amide bonds. The number of hydrogen-bond acceptors (Lipinski definition) is 3. The zero-order valence-electron chi connectivity index (χ0n) is 12.9. The summed E-state index contributed by atoms with van der Waals surface area (Å²) >= 11 is 1.86. The van der Waals surface area contributed by atoms with Crippen LogP contribution in [0, 0.1) is 6.92 Å². The molecule has 2 aromatic carbocycles. The maximum atomic E-state index is 12.4. The molecule has 1 heterocycles. The van der Waals surface area contributed by atoms with E-state index in [0.29, 0.717) is 5.56 Å². The van der Waals surface area contributed by atoms with Crippen molar-refractivity contribution in [3.63, 3.8) is 0 Å². The first-order chi connectivity index (χ1) is 10.7. The molecule has 0 atom stereocenters. The van der Waals surface area contributed by atoms with Crippen LogP contribution >= 0.6 is 11.8 Å². The molecular formula is C18H20N2OS. The Morgan fingerprint density at radius 3 is 2.73 bits per heavy atom. The highest BCUT2D eigenvalue weighted by atomic mass is 32.2. The molecule has 0 saturated carbocycles. The Kier molecular flexibility index (Phi) is 4.39. The average molecular weight is 312 g/mol. The predicted octanol–water partition coefficient (Wildman–Crippen LogP) is 4.18. The van der Waals surface area contributed by atoms with Crippen LogP contribution < -0.4 is 10.2 Å². The fourth-order valence-electron chi connectivity index (χ4n) is 2.58. The number of fused-ring (bicyclic) bond motifs is 1. The third-order valence-electron chi connectivity index (χ3n) is 3.87. The summed E-state index contributed by atoms with van der Waals surface area (Å²) in [5.41, 5.74) is 3.90. The van der Waals surface area contributed by atoms with Crippen molar-refractivity contribution in [2.45, 2.75) is 18.7 Å². The molecule has 0 saturated heterocycles. The van der Waals surface area contributed by atoms with Crippen molar-refractivity contribution in [3.8, 4) is 0 Å². The first kappa shape index (κ1) is 15.0. The summed E-state index contributed by atoms with van der Waals surface area (Å²) < 4.78 is 0. The number of nitrogens with zero attached hydrogens (tertiary/aromatic N) is 1. The summed E-state index contributed by atoms with van der Waals surface area (Å²) in [6.45, 7) is 6.19. The second kappa shape index (κ2) is 6.44. The SMILES string of the molecule is CCN1CCSc2ccc(C(=O)Nc3ccc(C)cc3)cc21. The second-order valence-electron chi connectivity index (χ2n) is 5.43. The Hall–Kier alpha value is -1.94. The van der Waals surface area contributed by atoms with Crippen molar-refractivity contribution in [1.82, 2.24) is 0 Å². The first-order valence-electron chi connectivity index (χ1n) is 7.57. The van der Waals surface area contributed by atoms with E-state index < -0.39 is 0 Å². The number of hydrogen-bond donors (Lipinski definition) is 1. The smallest absolute Gasteiger partial charge is 0.255 e. The summed E-state index contributed by atoms with van der Waals surface area (Å²) in [5, 5.41) is 2.96. The molecule has 0 fully saturated rings. The van der Waals surface area contributed by atoms with Crippen molar-refractivity contribution < 1.29 is 4.79 Å². The molecular weight excluding hydrogens is 292 g/mol. The van der Waals surface area contributed by atoms with Crippen LogP contribution in [-0.2, 0) is 0 Å². The van der Waals surface area contributed by atoms with Crippen LogP contribution in [0.1, 0.15) is 22.8 Å². The normalized spacial score (nSPS) is 13.6. The van der Waals surface area contributed by atoms with Crippen molar-refractivity contribution >= 4 is 29.0 Å². The number of carbonyl (C=O) groups is 1. The molecule has 3 rings (SSSR count). The Morgan fingerprint density at radius 1 is 1.23 bits per heavy atom. The van der Waals surface area contributed by atoms with E-state index in [1.165, 1.54) is 16.1 Å². The third kappa shape index (κ3) is 3.12. The molecule has 114 valence electrons. The number of thioether (sulfide) groups is 1. The van der Waals surface area contributed by atoms with Gasteiger partial charge in [0.05, 0.1) is 5.69 Å². The molecule has 1 aliphatic rings. The van der Waals surface area contributed by atoms with E-state index in [9.17, 15) is 4.79 Å². The zero-order valence-corrected chi connectivity index (χ0v) is 13.7. The summed E-state index contributed by atoms with van der Waals surface area (Å²) in [7, 11) is 0. The highest BCUT2D eigenvalue weighted by Crippen LogP contribution is 2.35. The van der Waals surface area contributed by atoms with Gasteiger partial charge in [0.15, 0.2) is 0 Å². The van der Waals surface area contributed by atoms with Gasteiger partial charge in [-0.2, -0.15) is 0 Å². The second-order valence-corrected chi connectivity index (χ2v) is 6.57. The molecule has 4 heteroatoms. The van der Waals surface area contributed by atoms with Gasteiger partial charge in [0.2, 0.25) is 0 Å². The Labute approximate surface area is 135 Å². The summed E-state index contributed by atoms with van der Waals surface area (Å²) in [6.07, 6.45) is 0. The van der Waals surface area contributed by atoms with Gasteiger partial charge in [-0.1, -0.05) is 17.7 Å². The van der Waals surface area contributed by atoms with Crippen LogP contribution in [0.2, 0.25) is 0 Å². The molecule has 0 aromatic heterocycles. The molecule has 0 spiro atoms. The predicted molar refractivity (Wildman–Crippen MR) is 94.2 cm³/mol. The Bertz CT molecular complexity index is 682. The van der Waals surface area contributed by atoms with Gasteiger partial charge in [-0.3, -0.25) is 4.79 Å². The van der Waals surface area contributed by atoms with E-state index in [0.717, 1.165) is 24.5 Å². The van der Waals surface area contributed by atoms with Crippen molar-refractivity contribution in [3.05, 3.63) is 53.6 Å². The molecule has 1 aliphatic heterocycles. The maximum Gasteiger partial charge on any atom is 0.255 e. The van der Waals surface area contributed by atoms with Crippen molar-refractivity contribution in [1.29, 1.82) is 0 Å². The summed E-state index contributed by atoms with van der Waals surface area (Å²) in [5.74, 6) is 1.05. The molecule has 0 unspecified atom stereocenters.